The number of rotatable bonds is 5. The zero-order valence-electron chi connectivity index (χ0n) is 16.6. The first-order chi connectivity index (χ1) is 14.5. The summed E-state index contributed by atoms with van der Waals surface area (Å²) < 4.78 is 10.7. The third kappa shape index (κ3) is 4.37. The zero-order chi connectivity index (χ0) is 21.1. The van der Waals surface area contributed by atoms with E-state index in [0.717, 1.165) is 25.4 Å². The molecule has 0 bridgehead atoms. The van der Waals surface area contributed by atoms with E-state index in [0.29, 0.717) is 17.2 Å². The van der Waals surface area contributed by atoms with Gasteiger partial charge in [-0.25, -0.2) is 4.79 Å². The van der Waals surface area contributed by atoms with Gasteiger partial charge in [0.15, 0.2) is 6.61 Å². The average Bonchev–Trinajstić information content (AvgIpc) is 3.27. The summed E-state index contributed by atoms with van der Waals surface area (Å²) in [7, 11) is 0. The maximum atomic E-state index is 12.5. The number of nitro groups is 1. The molecular weight excluding hydrogens is 388 g/mol. The third-order valence-corrected chi connectivity index (χ3v) is 6.14. The molecule has 0 radical (unpaired) electrons. The second-order valence-corrected chi connectivity index (χ2v) is 7.98. The number of esters is 1. The van der Waals surface area contributed by atoms with Gasteiger partial charge in [-0.2, -0.15) is 0 Å². The number of benzene rings is 1. The highest BCUT2D eigenvalue weighted by Crippen LogP contribution is 2.36. The number of likely N-dealkylation sites (tertiary alicyclic amines) is 1. The van der Waals surface area contributed by atoms with Crippen molar-refractivity contribution < 1.29 is 23.7 Å². The van der Waals surface area contributed by atoms with E-state index in [4.69, 9.17) is 9.15 Å². The summed E-state index contributed by atoms with van der Waals surface area (Å²) in [4.78, 5) is 36.8. The van der Waals surface area contributed by atoms with Crippen LogP contribution in [-0.4, -0.2) is 41.4 Å². The number of hydrogen-bond donors (Lipinski definition) is 0. The van der Waals surface area contributed by atoms with E-state index in [2.05, 4.69) is 0 Å². The predicted octanol–water partition coefficient (Wildman–Crippen LogP) is 4.05. The van der Waals surface area contributed by atoms with Gasteiger partial charge in [0.05, 0.1) is 4.92 Å². The minimum absolute atomic E-state index is 0.0119. The number of nitro benzene ring substituents is 1. The molecule has 30 heavy (non-hydrogen) atoms. The van der Waals surface area contributed by atoms with Crippen molar-refractivity contribution in [2.45, 2.75) is 32.1 Å². The summed E-state index contributed by atoms with van der Waals surface area (Å²) >= 11 is 0. The Hall–Kier alpha value is -3.16. The topological polar surface area (TPSA) is 103 Å². The molecule has 1 aromatic heterocycles. The van der Waals surface area contributed by atoms with E-state index in [1.807, 2.05) is 4.90 Å². The summed E-state index contributed by atoms with van der Waals surface area (Å²) in [6, 6.07) is 8.88. The Bertz CT molecular complexity index is 935. The molecule has 1 amide bonds. The number of non-ortho nitro benzene ring substituents is 1. The molecule has 158 valence electrons. The summed E-state index contributed by atoms with van der Waals surface area (Å²) in [6.07, 6.45) is 5.98. The highest BCUT2D eigenvalue weighted by molar-refractivity contribution is 5.89. The van der Waals surface area contributed by atoms with E-state index in [1.54, 1.807) is 18.2 Å². The van der Waals surface area contributed by atoms with Crippen molar-refractivity contribution in [3.63, 3.8) is 0 Å². The fourth-order valence-corrected chi connectivity index (χ4v) is 4.47. The van der Waals surface area contributed by atoms with Crippen molar-refractivity contribution in [1.29, 1.82) is 0 Å². The van der Waals surface area contributed by atoms with Crippen LogP contribution in [0.25, 0.3) is 11.3 Å². The molecule has 2 aliphatic rings. The number of piperidine rings is 1. The van der Waals surface area contributed by atoms with E-state index in [1.165, 1.54) is 43.9 Å². The molecule has 1 aromatic carbocycles. The summed E-state index contributed by atoms with van der Waals surface area (Å²) in [5.74, 6) is 0.802. The quantitative estimate of drug-likeness (QED) is 0.417. The van der Waals surface area contributed by atoms with Crippen molar-refractivity contribution in [2.75, 3.05) is 19.7 Å². The Balaban J connectivity index is 1.31. The lowest BCUT2D eigenvalue weighted by atomic mass is 9.75. The smallest absolute Gasteiger partial charge is 0.374 e. The molecule has 2 heterocycles. The Labute approximate surface area is 173 Å². The fraction of sp³-hybridized carbons (Fsp3) is 0.455. The normalized spacial score (nSPS) is 21.0. The highest BCUT2D eigenvalue weighted by Gasteiger charge is 2.33. The van der Waals surface area contributed by atoms with Crippen LogP contribution in [-0.2, 0) is 9.53 Å². The summed E-state index contributed by atoms with van der Waals surface area (Å²) in [6.45, 7) is 1.18. The first kappa shape index (κ1) is 20.1. The third-order valence-electron chi connectivity index (χ3n) is 6.14. The molecule has 8 heteroatoms. The molecule has 1 aliphatic carbocycles. The molecule has 0 spiro atoms. The lowest BCUT2D eigenvalue weighted by molar-refractivity contribution is -0.384. The second-order valence-electron chi connectivity index (χ2n) is 7.98. The van der Waals surface area contributed by atoms with Gasteiger partial charge in [-0.15, -0.1) is 0 Å². The molecule has 0 unspecified atom stereocenters. The van der Waals surface area contributed by atoms with Crippen molar-refractivity contribution in [3.05, 3.63) is 52.3 Å². The molecule has 2 fully saturated rings. The summed E-state index contributed by atoms with van der Waals surface area (Å²) in [5.41, 5.74) is 0.576. The zero-order valence-corrected chi connectivity index (χ0v) is 16.6. The van der Waals surface area contributed by atoms with E-state index >= 15 is 0 Å². The van der Waals surface area contributed by atoms with Gasteiger partial charge >= 0.3 is 5.97 Å². The highest BCUT2D eigenvalue weighted by atomic mass is 16.6. The predicted molar refractivity (Wildman–Crippen MR) is 108 cm³/mol. The summed E-state index contributed by atoms with van der Waals surface area (Å²) in [5, 5.41) is 10.7. The van der Waals surface area contributed by atoms with Crippen molar-refractivity contribution in [3.8, 4) is 11.3 Å². The van der Waals surface area contributed by atoms with Gasteiger partial charge in [0.2, 0.25) is 5.76 Å². The van der Waals surface area contributed by atoms with Crippen LogP contribution < -0.4 is 0 Å². The van der Waals surface area contributed by atoms with Gasteiger partial charge in [-0.05, 0) is 48.9 Å². The molecule has 1 saturated heterocycles. The first-order valence-corrected chi connectivity index (χ1v) is 10.3. The number of amides is 1. The number of furan rings is 1. The van der Waals surface area contributed by atoms with Crippen LogP contribution in [0.4, 0.5) is 5.69 Å². The molecule has 0 N–H and O–H groups in total. The molecule has 2 atom stereocenters. The minimum atomic E-state index is -0.705. The SMILES string of the molecule is O=C(OCC(=O)N1CC[C@@H]2CCCC[C@@H]2C1)c1ccc(-c2ccc([N+](=O)[O-])cc2)o1. The molecule has 1 aliphatic heterocycles. The Morgan fingerprint density at radius 3 is 2.53 bits per heavy atom. The van der Waals surface area contributed by atoms with Gasteiger partial charge in [0.1, 0.15) is 5.76 Å². The molecule has 1 saturated carbocycles. The van der Waals surface area contributed by atoms with E-state index < -0.39 is 10.9 Å². The van der Waals surface area contributed by atoms with Crippen LogP contribution in [0, 0.1) is 22.0 Å². The van der Waals surface area contributed by atoms with Crippen LogP contribution >= 0.6 is 0 Å². The standard InChI is InChI=1S/C22H24N2O6/c25-21(23-12-11-15-3-1-2-4-17(15)13-23)14-29-22(26)20-10-9-19(30-20)16-5-7-18(8-6-16)24(27)28/h5-10,15,17H,1-4,11-14H2/t15-,17+/m0/s1. The van der Waals surface area contributed by atoms with Crippen molar-refractivity contribution in [2.24, 2.45) is 11.8 Å². The van der Waals surface area contributed by atoms with Gasteiger partial charge in [-0.3, -0.25) is 14.9 Å². The maximum Gasteiger partial charge on any atom is 0.374 e. The Morgan fingerprint density at radius 2 is 1.80 bits per heavy atom. The Kier molecular flexibility index (Phi) is 5.83. The van der Waals surface area contributed by atoms with Crippen LogP contribution in [0.5, 0.6) is 0 Å². The molecule has 8 nitrogen and oxygen atoms in total. The van der Waals surface area contributed by atoms with Crippen molar-refractivity contribution >= 4 is 17.6 Å². The second kappa shape index (κ2) is 8.69. The fourth-order valence-electron chi connectivity index (χ4n) is 4.47. The number of fused-ring (bicyclic) bond motifs is 1. The monoisotopic (exact) mass is 412 g/mol. The number of nitrogens with zero attached hydrogens (tertiary/aromatic N) is 2. The molecule has 2 aromatic rings. The maximum absolute atomic E-state index is 12.5. The van der Waals surface area contributed by atoms with E-state index in [-0.39, 0.29) is 24.0 Å². The van der Waals surface area contributed by atoms with Crippen LogP contribution in [0.15, 0.2) is 40.8 Å². The first-order valence-electron chi connectivity index (χ1n) is 10.3. The molecule has 4 rings (SSSR count). The average molecular weight is 412 g/mol. The van der Waals surface area contributed by atoms with Crippen LogP contribution in [0.3, 0.4) is 0 Å². The van der Waals surface area contributed by atoms with Gasteiger partial charge in [0.25, 0.3) is 11.6 Å². The Morgan fingerprint density at radius 1 is 1.07 bits per heavy atom. The largest absolute Gasteiger partial charge is 0.450 e. The van der Waals surface area contributed by atoms with Crippen molar-refractivity contribution in [1.82, 2.24) is 4.90 Å². The van der Waals surface area contributed by atoms with Gasteiger partial charge in [-0.1, -0.05) is 19.3 Å². The number of hydrogen-bond acceptors (Lipinski definition) is 6. The number of carbonyl (C=O) groups is 2. The van der Waals surface area contributed by atoms with E-state index in [9.17, 15) is 19.7 Å². The number of carbonyl (C=O) groups excluding carboxylic acids is 2. The number of ether oxygens (including phenoxy) is 1. The molecular formula is C22H24N2O6. The van der Waals surface area contributed by atoms with Gasteiger partial charge in [0, 0.05) is 30.8 Å². The lowest BCUT2D eigenvalue weighted by Gasteiger charge is -2.41. The minimum Gasteiger partial charge on any atom is -0.450 e. The van der Waals surface area contributed by atoms with Crippen LogP contribution in [0.2, 0.25) is 0 Å². The van der Waals surface area contributed by atoms with Gasteiger partial charge < -0.3 is 14.1 Å². The lowest BCUT2D eigenvalue weighted by Crippen LogP contribution is -2.46. The van der Waals surface area contributed by atoms with Crippen LogP contribution in [0.1, 0.15) is 42.7 Å².